The first-order chi connectivity index (χ1) is 12.1. The number of aryl methyl sites for hydroxylation is 2. The van der Waals surface area contributed by atoms with Crippen LogP contribution in [0.4, 0.5) is 22.0 Å². The summed E-state index contributed by atoms with van der Waals surface area (Å²) in [5, 5.41) is 7.62. The maximum absolute atomic E-state index is 13.7. The van der Waals surface area contributed by atoms with Gasteiger partial charge in [-0.1, -0.05) is 19.8 Å². The molecule has 0 bridgehead atoms. The molecule has 0 unspecified atom stereocenters. The zero-order chi connectivity index (χ0) is 19.3. The second-order valence-corrected chi connectivity index (χ2v) is 5.90. The number of nitrogens with one attached hydrogen (secondary N) is 1. The number of alkyl halides is 5. The summed E-state index contributed by atoms with van der Waals surface area (Å²) in [4.78, 5) is 17.8. The van der Waals surface area contributed by atoms with Gasteiger partial charge in [0.15, 0.2) is 17.0 Å². The molecule has 0 saturated carbocycles. The molecule has 3 heterocycles. The van der Waals surface area contributed by atoms with Gasteiger partial charge >= 0.3 is 12.1 Å². The summed E-state index contributed by atoms with van der Waals surface area (Å²) in [6.45, 7) is 3.67. The predicted octanol–water partition coefficient (Wildman–Crippen LogP) is 2.92. The number of unbranched alkanes of at least 4 members (excludes halogenated alkanes) is 2. The summed E-state index contributed by atoms with van der Waals surface area (Å²) >= 11 is 0. The van der Waals surface area contributed by atoms with Gasteiger partial charge in [0.2, 0.25) is 5.78 Å². The lowest BCUT2D eigenvalue weighted by Crippen LogP contribution is -2.34. The van der Waals surface area contributed by atoms with E-state index < -0.39 is 29.0 Å². The second-order valence-electron chi connectivity index (χ2n) is 5.90. The average Bonchev–Trinajstić information content (AvgIpc) is 3.15. The topological polar surface area (TPSA) is 80.9 Å². The minimum Gasteiger partial charge on any atom is -0.331 e. The lowest BCUT2D eigenvalue weighted by molar-refractivity contribution is -0.292. The zero-order valence-corrected chi connectivity index (χ0v) is 13.9. The number of H-pyrrole nitrogens is 1. The molecule has 0 radical (unpaired) electrons. The molecule has 142 valence electrons. The molecule has 0 atom stereocenters. The van der Waals surface area contributed by atoms with Crippen molar-refractivity contribution in [2.75, 3.05) is 0 Å². The number of fused-ring (bicyclic) bond motifs is 2. The van der Waals surface area contributed by atoms with Crippen molar-refractivity contribution < 1.29 is 22.0 Å². The van der Waals surface area contributed by atoms with E-state index in [1.54, 1.807) is 0 Å². The lowest BCUT2D eigenvalue weighted by Gasteiger charge is -2.16. The van der Waals surface area contributed by atoms with Gasteiger partial charge in [0.25, 0.3) is 5.56 Å². The second kappa shape index (κ2) is 6.02. The summed E-state index contributed by atoms with van der Waals surface area (Å²) < 4.78 is 67.7. The van der Waals surface area contributed by atoms with Gasteiger partial charge in [-0.15, -0.1) is 10.2 Å². The van der Waals surface area contributed by atoms with Crippen LogP contribution in [0.1, 0.15) is 37.8 Å². The van der Waals surface area contributed by atoms with Gasteiger partial charge in [0.05, 0.1) is 0 Å². The van der Waals surface area contributed by atoms with Crippen molar-refractivity contribution in [3.8, 4) is 0 Å². The highest BCUT2D eigenvalue weighted by atomic mass is 19.4. The van der Waals surface area contributed by atoms with Crippen LogP contribution in [0.5, 0.6) is 0 Å². The molecule has 3 aromatic rings. The maximum Gasteiger partial charge on any atom is 0.461 e. The minimum absolute atomic E-state index is 0.0458. The molecule has 0 amide bonds. The van der Waals surface area contributed by atoms with Crippen molar-refractivity contribution in [3.05, 3.63) is 22.0 Å². The number of hydrogen-bond donors (Lipinski definition) is 1. The summed E-state index contributed by atoms with van der Waals surface area (Å²) in [5.41, 5.74) is -1.58. The van der Waals surface area contributed by atoms with Crippen LogP contribution in [-0.2, 0) is 12.5 Å². The summed E-state index contributed by atoms with van der Waals surface area (Å²) in [6.07, 6.45) is -3.57. The largest absolute Gasteiger partial charge is 0.461 e. The van der Waals surface area contributed by atoms with E-state index in [-0.39, 0.29) is 23.8 Å². The van der Waals surface area contributed by atoms with Crippen LogP contribution < -0.4 is 5.56 Å². The Morgan fingerprint density at radius 2 is 1.81 bits per heavy atom. The zero-order valence-electron chi connectivity index (χ0n) is 13.9. The van der Waals surface area contributed by atoms with E-state index in [9.17, 15) is 26.7 Å². The van der Waals surface area contributed by atoms with Crippen molar-refractivity contribution in [1.82, 2.24) is 29.1 Å². The van der Waals surface area contributed by atoms with E-state index in [0.717, 1.165) is 17.2 Å². The van der Waals surface area contributed by atoms with Crippen LogP contribution in [-0.4, -0.2) is 35.3 Å². The van der Waals surface area contributed by atoms with Gasteiger partial charge < -0.3 is 4.98 Å². The molecule has 0 aliphatic heterocycles. The predicted molar refractivity (Wildman–Crippen MR) is 81.1 cm³/mol. The van der Waals surface area contributed by atoms with Crippen LogP contribution in [0.3, 0.4) is 0 Å². The van der Waals surface area contributed by atoms with Gasteiger partial charge in [-0.3, -0.25) is 9.36 Å². The Morgan fingerprint density at radius 3 is 2.42 bits per heavy atom. The quantitative estimate of drug-likeness (QED) is 0.547. The number of rotatable bonds is 5. The Balaban J connectivity index is 2.30. The molecule has 0 saturated heterocycles. The minimum atomic E-state index is -5.84. The number of aromatic amines is 1. The first kappa shape index (κ1) is 18.3. The fraction of sp³-hybridized carbons (Fsp3) is 0.571. The Morgan fingerprint density at radius 1 is 1.12 bits per heavy atom. The van der Waals surface area contributed by atoms with Crippen LogP contribution in [0.15, 0.2) is 4.79 Å². The molecular formula is C14H15F5N6O. The standard InChI is InChI=1S/C14H15F5N6O/c1-3-4-5-6-24-9-8(10(26)25-7(2)22-23-12(24)25)20-11(21-9)13(15,16)14(17,18)19/h3-6H2,1-2H3,(H,20,21). The molecule has 0 spiro atoms. The van der Waals surface area contributed by atoms with Crippen LogP contribution in [0, 0.1) is 6.92 Å². The molecule has 0 aromatic carbocycles. The van der Waals surface area contributed by atoms with Crippen molar-refractivity contribution in [1.29, 1.82) is 0 Å². The summed E-state index contributed by atoms with van der Waals surface area (Å²) in [7, 11) is 0. The molecular weight excluding hydrogens is 363 g/mol. The first-order valence-electron chi connectivity index (χ1n) is 7.88. The van der Waals surface area contributed by atoms with Crippen LogP contribution in [0.2, 0.25) is 0 Å². The van der Waals surface area contributed by atoms with Gasteiger partial charge in [-0.2, -0.15) is 22.0 Å². The highest BCUT2D eigenvalue weighted by Crippen LogP contribution is 2.42. The highest BCUT2D eigenvalue weighted by Gasteiger charge is 2.61. The van der Waals surface area contributed by atoms with Crippen molar-refractivity contribution in [2.24, 2.45) is 0 Å². The van der Waals surface area contributed by atoms with Gasteiger partial charge in [0.1, 0.15) is 5.82 Å². The third-order valence-corrected chi connectivity index (χ3v) is 4.05. The summed E-state index contributed by atoms with van der Waals surface area (Å²) in [6, 6.07) is 0. The number of imidazole rings is 1. The van der Waals surface area contributed by atoms with Crippen LogP contribution >= 0.6 is 0 Å². The van der Waals surface area contributed by atoms with Crippen molar-refractivity contribution in [2.45, 2.75) is 51.8 Å². The van der Waals surface area contributed by atoms with E-state index in [4.69, 9.17) is 0 Å². The molecule has 3 rings (SSSR count). The van der Waals surface area contributed by atoms with Crippen LogP contribution in [0.25, 0.3) is 16.9 Å². The Kier molecular flexibility index (Phi) is 4.23. The normalized spacial score (nSPS) is 13.2. The monoisotopic (exact) mass is 378 g/mol. The third kappa shape index (κ3) is 2.63. The SMILES string of the molecule is CCCCCn1c2nc(C(F)(F)C(F)(F)F)[nH]c2c(=O)n2c(C)nnc12. The molecule has 1 N–H and O–H groups in total. The van der Waals surface area contributed by atoms with Gasteiger partial charge in [0, 0.05) is 6.54 Å². The lowest BCUT2D eigenvalue weighted by atomic mass is 10.2. The fourth-order valence-electron chi connectivity index (χ4n) is 2.69. The van der Waals surface area contributed by atoms with E-state index in [0.29, 0.717) is 6.42 Å². The Bertz CT molecular complexity index is 1010. The number of aromatic nitrogens is 6. The fourth-order valence-corrected chi connectivity index (χ4v) is 2.69. The van der Waals surface area contributed by atoms with E-state index in [1.807, 2.05) is 11.9 Å². The maximum atomic E-state index is 13.7. The first-order valence-corrected chi connectivity index (χ1v) is 7.88. The van der Waals surface area contributed by atoms with E-state index in [1.165, 1.54) is 11.5 Å². The van der Waals surface area contributed by atoms with Gasteiger partial charge in [-0.25, -0.2) is 9.38 Å². The smallest absolute Gasteiger partial charge is 0.331 e. The molecule has 7 nitrogen and oxygen atoms in total. The van der Waals surface area contributed by atoms with Crippen molar-refractivity contribution >= 4 is 16.9 Å². The molecule has 12 heteroatoms. The Labute approximate surface area is 142 Å². The van der Waals surface area contributed by atoms with Gasteiger partial charge in [-0.05, 0) is 13.3 Å². The average molecular weight is 378 g/mol. The molecule has 3 aromatic heterocycles. The summed E-state index contributed by atoms with van der Waals surface area (Å²) in [5.74, 6) is -6.60. The molecule has 26 heavy (non-hydrogen) atoms. The third-order valence-electron chi connectivity index (χ3n) is 4.05. The molecule has 0 aliphatic carbocycles. The highest BCUT2D eigenvalue weighted by molar-refractivity contribution is 5.73. The molecule has 0 aliphatic rings. The number of nitrogens with zero attached hydrogens (tertiary/aromatic N) is 5. The Hall–Kier alpha value is -2.53. The van der Waals surface area contributed by atoms with E-state index >= 15 is 0 Å². The molecule has 0 fully saturated rings. The number of hydrogen-bond acceptors (Lipinski definition) is 4. The van der Waals surface area contributed by atoms with Crippen molar-refractivity contribution in [3.63, 3.8) is 0 Å². The number of halogens is 5. The van der Waals surface area contributed by atoms with E-state index in [2.05, 4.69) is 15.2 Å².